The summed E-state index contributed by atoms with van der Waals surface area (Å²) in [5.74, 6) is -0.0395. The first kappa shape index (κ1) is 14.8. The van der Waals surface area contributed by atoms with Crippen LogP contribution in [0.1, 0.15) is 21.9 Å². The SMILES string of the molecule is NCc1ccc(C(=O)NCC(=O)NCc2ccccc2)o1. The van der Waals surface area contributed by atoms with Crippen LogP contribution < -0.4 is 16.4 Å². The number of hydrogen-bond donors (Lipinski definition) is 3. The van der Waals surface area contributed by atoms with Crippen molar-refractivity contribution in [1.82, 2.24) is 10.6 Å². The fourth-order valence-corrected chi connectivity index (χ4v) is 1.72. The summed E-state index contributed by atoms with van der Waals surface area (Å²) in [6, 6.07) is 12.7. The molecule has 0 aliphatic rings. The Labute approximate surface area is 122 Å². The molecule has 0 radical (unpaired) electrons. The van der Waals surface area contributed by atoms with Crippen molar-refractivity contribution in [2.75, 3.05) is 6.54 Å². The number of furan rings is 1. The molecule has 2 rings (SSSR count). The molecule has 2 aromatic rings. The number of benzene rings is 1. The van der Waals surface area contributed by atoms with E-state index in [1.54, 1.807) is 6.07 Å². The Kier molecular flexibility index (Phi) is 5.11. The van der Waals surface area contributed by atoms with E-state index in [-0.39, 0.29) is 24.8 Å². The van der Waals surface area contributed by atoms with Gasteiger partial charge in [-0.3, -0.25) is 9.59 Å². The van der Waals surface area contributed by atoms with Crippen molar-refractivity contribution >= 4 is 11.8 Å². The molecule has 0 spiro atoms. The average Bonchev–Trinajstić information content (AvgIpc) is 3.00. The van der Waals surface area contributed by atoms with Gasteiger partial charge in [0.05, 0.1) is 13.1 Å². The molecule has 6 heteroatoms. The van der Waals surface area contributed by atoms with Crippen LogP contribution >= 0.6 is 0 Å². The number of rotatable bonds is 6. The number of carbonyl (C=O) groups excluding carboxylic acids is 2. The van der Waals surface area contributed by atoms with Crippen LogP contribution in [0.15, 0.2) is 46.9 Å². The maximum Gasteiger partial charge on any atom is 0.287 e. The molecular formula is C15H17N3O3. The van der Waals surface area contributed by atoms with Gasteiger partial charge in [-0.25, -0.2) is 0 Å². The van der Waals surface area contributed by atoms with Gasteiger partial charge in [0.15, 0.2) is 5.76 Å². The molecule has 1 aromatic carbocycles. The second kappa shape index (κ2) is 7.25. The molecular weight excluding hydrogens is 270 g/mol. The van der Waals surface area contributed by atoms with Gasteiger partial charge in [-0.15, -0.1) is 0 Å². The number of nitrogens with two attached hydrogens (primary N) is 1. The van der Waals surface area contributed by atoms with Crippen LogP contribution in [0.4, 0.5) is 0 Å². The van der Waals surface area contributed by atoms with Gasteiger partial charge in [-0.2, -0.15) is 0 Å². The Morgan fingerprint density at radius 2 is 1.81 bits per heavy atom. The van der Waals surface area contributed by atoms with E-state index >= 15 is 0 Å². The summed E-state index contributed by atoms with van der Waals surface area (Å²) in [7, 11) is 0. The summed E-state index contributed by atoms with van der Waals surface area (Å²) in [6.07, 6.45) is 0. The predicted molar refractivity (Wildman–Crippen MR) is 77.2 cm³/mol. The average molecular weight is 287 g/mol. The van der Waals surface area contributed by atoms with Gasteiger partial charge in [0.25, 0.3) is 5.91 Å². The first-order valence-electron chi connectivity index (χ1n) is 6.56. The number of carbonyl (C=O) groups is 2. The van der Waals surface area contributed by atoms with Gasteiger partial charge in [0.2, 0.25) is 5.91 Å². The van der Waals surface area contributed by atoms with Crippen LogP contribution in [0.5, 0.6) is 0 Å². The quantitative estimate of drug-likeness (QED) is 0.731. The fraction of sp³-hybridized carbons (Fsp3) is 0.200. The first-order chi connectivity index (χ1) is 10.2. The van der Waals surface area contributed by atoms with E-state index in [2.05, 4.69) is 10.6 Å². The highest BCUT2D eigenvalue weighted by Crippen LogP contribution is 2.06. The third-order valence-corrected chi connectivity index (χ3v) is 2.83. The molecule has 0 unspecified atom stereocenters. The maximum absolute atomic E-state index is 11.7. The molecule has 1 aromatic heterocycles. The van der Waals surface area contributed by atoms with E-state index in [9.17, 15) is 9.59 Å². The molecule has 21 heavy (non-hydrogen) atoms. The zero-order valence-corrected chi connectivity index (χ0v) is 11.5. The Morgan fingerprint density at radius 1 is 1.05 bits per heavy atom. The largest absolute Gasteiger partial charge is 0.455 e. The van der Waals surface area contributed by atoms with Gasteiger partial charge in [0, 0.05) is 6.54 Å². The summed E-state index contributed by atoms with van der Waals surface area (Å²) < 4.78 is 5.19. The van der Waals surface area contributed by atoms with Crippen LogP contribution in [0.2, 0.25) is 0 Å². The molecule has 1 heterocycles. The second-order valence-electron chi connectivity index (χ2n) is 4.42. The van der Waals surface area contributed by atoms with E-state index in [1.807, 2.05) is 30.3 Å². The number of nitrogens with one attached hydrogen (secondary N) is 2. The highest BCUT2D eigenvalue weighted by Gasteiger charge is 2.11. The standard InChI is InChI=1S/C15H17N3O3/c16-8-12-6-7-13(21-12)15(20)18-10-14(19)17-9-11-4-2-1-3-5-11/h1-7H,8-10,16H2,(H,17,19)(H,18,20). The fourth-order valence-electron chi connectivity index (χ4n) is 1.72. The second-order valence-corrected chi connectivity index (χ2v) is 4.42. The van der Waals surface area contributed by atoms with Crippen molar-refractivity contribution in [2.45, 2.75) is 13.1 Å². The summed E-state index contributed by atoms with van der Waals surface area (Å²) in [6.45, 7) is 0.544. The van der Waals surface area contributed by atoms with Crippen LogP contribution in [-0.2, 0) is 17.9 Å². The van der Waals surface area contributed by atoms with E-state index in [4.69, 9.17) is 10.2 Å². The van der Waals surface area contributed by atoms with Gasteiger partial charge in [-0.1, -0.05) is 30.3 Å². The van der Waals surface area contributed by atoms with Crippen LogP contribution in [0, 0.1) is 0 Å². The lowest BCUT2D eigenvalue weighted by Crippen LogP contribution is -2.36. The minimum Gasteiger partial charge on any atom is -0.455 e. The summed E-state index contributed by atoms with van der Waals surface area (Å²) in [5.41, 5.74) is 6.39. The van der Waals surface area contributed by atoms with Crippen molar-refractivity contribution in [3.63, 3.8) is 0 Å². The minimum atomic E-state index is -0.440. The van der Waals surface area contributed by atoms with Crippen molar-refractivity contribution in [1.29, 1.82) is 0 Å². The van der Waals surface area contributed by atoms with Gasteiger partial charge < -0.3 is 20.8 Å². The normalized spacial score (nSPS) is 10.1. The maximum atomic E-state index is 11.7. The molecule has 0 saturated carbocycles. The smallest absolute Gasteiger partial charge is 0.287 e. The molecule has 0 fully saturated rings. The van der Waals surface area contributed by atoms with Gasteiger partial charge in [0.1, 0.15) is 5.76 Å². The van der Waals surface area contributed by atoms with E-state index < -0.39 is 5.91 Å². The number of amides is 2. The first-order valence-corrected chi connectivity index (χ1v) is 6.56. The molecule has 2 amide bonds. The lowest BCUT2D eigenvalue weighted by Gasteiger charge is -2.06. The molecule has 0 saturated heterocycles. The molecule has 0 bridgehead atoms. The van der Waals surface area contributed by atoms with Crippen molar-refractivity contribution < 1.29 is 14.0 Å². The predicted octanol–water partition coefficient (Wildman–Crippen LogP) is 0.784. The molecule has 6 nitrogen and oxygen atoms in total. The topological polar surface area (TPSA) is 97.4 Å². The van der Waals surface area contributed by atoms with Gasteiger partial charge in [-0.05, 0) is 17.7 Å². The third kappa shape index (κ3) is 4.47. The van der Waals surface area contributed by atoms with Crippen molar-refractivity contribution in [3.8, 4) is 0 Å². The minimum absolute atomic E-state index is 0.107. The van der Waals surface area contributed by atoms with Crippen LogP contribution in [-0.4, -0.2) is 18.4 Å². The zero-order chi connectivity index (χ0) is 15.1. The van der Waals surface area contributed by atoms with Crippen molar-refractivity contribution in [2.24, 2.45) is 5.73 Å². The van der Waals surface area contributed by atoms with E-state index in [1.165, 1.54) is 6.07 Å². The molecule has 0 aliphatic heterocycles. The van der Waals surface area contributed by atoms with Crippen LogP contribution in [0.25, 0.3) is 0 Å². The number of hydrogen-bond acceptors (Lipinski definition) is 4. The van der Waals surface area contributed by atoms with Crippen molar-refractivity contribution in [3.05, 3.63) is 59.5 Å². The Bertz CT molecular complexity index is 608. The molecule has 0 aliphatic carbocycles. The summed E-state index contributed by atoms with van der Waals surface area (Å²) in [4.78, 5) is 23.4. The monoisotopic (exact) mass is 287 g/mol. The zero-order valence-electron chi connectivity index (χ0n) is 11.5. The molecule has 0 atom stereocenters. The summed E-state index contributed by atoms with van der Waals surface area (Å²) in [5, 5.41) is 5.20. The van der Waals surface area contributed by atoms with Gasteiger partial charge >= 0.3 is 0 Å². The third-order valence-electron chi connectivity index (χ3n) is 2.83. The lowest BCUT2D eigenvalue weighted by molar-refractivity contribution is -0.120. The highest BCUT2D eigenvalue weighted by atomic mass is 16.4. The summed E-state index contributed by atoms with van der Waals surface area (Å²) >= 11 is 0. The van der Waals surface area contributed by atoms with Crippen LogP contribution in [0.3, 0.4) is 0 Å². The van der Waals surface area contributed by atoms with E-state index in [0.29, 0.717) is 12.3 Å². The highest BCUT2D eigenvalue weighted by molar-refractivity contribution is 5.94. The van der Waals surface area contributed by atoms with E-state index in [0.717, 1.165) is 5.56 Å². The lowest BCUT2D eigenvalue weighted by atomic mass is 10.2. The molecule has 4 N–H and O–H groups in total. The Morgan fingerprint density at radius 3 is 2.48 bits per heavy atom. The Balaban J connectivity index is 1.74. The molecule has 110 valence electrons. The Hall–Kier alpha value is -2.60.